The number of nitrogens with one attached hydrogen (secondary N) is 2. The summed E-state index contributed by atoms with van der Waals surface area (Å²) in [4.78, 5) is 12.2. The average molecular weight is 528 g/mol. The van der Waals surface area contributed by atoms with Gasteiger partial charge in [0.15, 0.2) is 0 Å². The fourth-order valence-corrected chi connectivity index (χ4v) is 5.63. The molecule has 0 radical (unpaired) electrons. The number of anilines is 2. The van der Waals surface area contributed by atoms with E-state index in [0.29, 0.717) is 0 Å². The molecule has 0 aliphatic carbocycles. The largest absolute Gasteiger partial charge is 0.384 e. The molecule has 0 saturated heterocycles. The molecule has 202 valence electrons. The van der Waals surface area contributed by atoms with E-state index in [1.165, 1.54) is 44.0 Å². The molecule has 0 unspecified atom stereocenters. The van der Waals surface area contributed by atoms with Crippen molar-refractivity contribution in [3.05, 3.63) is 96.1 Å². The highest BCUT2D eigenvalue weighted by atomic mass is 15.1. The Morgan fingerprint density at radius 3 is 1.45 bits per heavy atom. The molecule has 0 atom stereocenters. The molecule has 0 aliphatic rings. The van der Waals surface area contributed by atoms with E-state index in [1.807, 2.05) is 0 Å². The molecule has 6 rings (SSSR count). The van der Waals surface area contributed by atoms with Crippen molar-refractivity contribution in [1.29, 1.82) is 0 Å². The van der Waals surface area contributed by atoms with Crippen molar-refractivity contribution in [2.45, 2.75) is 26.7 Å². The molecule has 5 nitrogen and oxygen atoms in total. The van der Waals surface area contributed by atoms with Crippen molar-refractivity contribution in [1.82, 2.24) is 14.9 Å². The van der Waals surface area contributed by atoms with Gasteiger partial charge in [0.1, 0.15) is 0 Å². The van der Waals surface area contributed by atoms with Gasteiger partial charge in [0.2, 0.25) is 0 Å². The smallest absolute Gasteiger partial charge is 0.0730 e. The van der Waals surface area contributed by atoms with Crippen LogP contribution in [-0.2, 0) is 0 Å². The summed E-state index contributed by atoms with van der Waals surface area (Å²) in [6.07, 6.45) is 2.15. The van der Waals surface area contributed by atoms with E-state index < -0.39 is 0 Å². The number of aryl methyl sites for hydroxylation is 2. The first kappa shape index (κ1) is 26.0. The minimum absolute atomic E-state index is 0.925. The maximum atomic E-state index is 4.88. The topological polar surface area (TPSA) is 53.1 Å². The third kappa shape index (κ3) is 5.43. The van der Waals surface area contributed by atoms with Gasteiger partial charge >= 0.3 is 0 Å². The van der Waals surface area contributed by atoms with Crippen molar-refractivity contribution in [3.8, 4) is 0 Å². The molecule has 0 aliphatic heterocycles. The van der Waals surface area contributed by atoms with Crippen LogP contribution < -0.4 is 10.6 Å². The van der Waals surface area contributed by atoms with E-state index in [0.717, 1.165) is 61.1 Å². The van der Waals surface area contributed by atoms with E-state index in [9.17, 15) is 0 Å². The maximum absolute atomic E-state index is 4.88. The van der Waals surface area contributed by atoms with Crippen LogP contribution in [-0.4, -0.2) is 48.1 Å². The molecule has 4 aromatic carbocycles. The second-order valence-corrected chi connectivity index (χ2v) is 10.9. The zero-order valence-electron chi connectivity index (χ0n) is 23.7. The summed E-state index contributed by atoms with van der Waals surface area (Å²) in [6, 6.07) is 29.9. The van der Waals surface area contributed by atoms with E-state index in [4.69, 9.17) is 9.97 Å². The fraction of sp³-hybridized carbons (Fsp3) is 0.257. The normalized spacial score (nSPS) is 11.7. The van der Waals surface area contributed by atoms with E-state index >= 15 is 0 Å². The number of nitrogens with zero attached hydrogens (tertiary/aromatic N) is 3. The van der Waals surface area contributed by atoms with E-state index in [-0.39, 0.29) is 0 Å². The van der Waals surface area contributed by atoms with E-state index in [2.05, 4.69) is 121 Å². The van der Waals surface area contributed by atoms with Crippen molar-refractivity contribution in [3.63, 3.8) is 0 Å². The van der Waals surface area contributed by atoms with Crippen LogP contribution in [0.3, 0.4) is 0 Å². The summed E-state index contributed by atoms with van der Waals surface area (Å²) in [5, 5.41) is 12.3. The molecule has 0 amide bonds. The second kappa shape index (κ2) is 11.5. The highest BCUT2D eigenvalue weighted by Crippen LogP contribution is 2.32. The van der Waals surface area contributed by atoms with Gasteiger partial charge in [-0.05, 0) is 83.2 Å². The van der Waals surface area contributed by atoms with Crippen LogP contribution in [0.1, 0.15) is 24.0 Å². The molecule has 6 aromatic rings. The number of hydrogen-bond acceptors (Lipinski definition) is 5. The van der Waals surface area contributed by atoms with Gasteiger partial charge in [-0.15, -0.1) is 0 Å². The lowest BCUT2D eigenvalue weighted by Crippen LogP contribution is -2.24. The van der Waals surface area contributed by atoms with Crippen molar-refractivity contribution in [2.75, 3.05) is 43.9 Å². The first-order valence-corrected chi connectivity index (χ1v) is 14.3. The van der Waals surface area contributed by atoms with Crippen LogP contribution in [0.4, 0.5) is 11.4 Å². The Morgan fingerprint density at radius 1 is 0.550 bits per heavy atom. The fourth-order valence-electron chi connectivity index (χ4n) is 5.63. The van der Waals surface area contributed by atoms with Gasteiger partial charge in [0, 0.05) is 34.6 Å². The van der Waals surface area contributed by atoms with Gasteiger partial charge in [-0.2, -0.15) is 0 Å². The SMILES string of the molecule is Cc1ccc2nc3ccccc3c(NCCCN(C)CCCNc3c4ccccc4nc4ccc(C)cc34)c2c1. The maximum Gasteiger partial charge on any atom is 0.0730 e. The summed E-state index contributed by atoms with van der Waals surface area (Å²) in [7, 11) is 2.22. The zero-order chi connectivity index (χ0) is 27.5. The standard InChI is InChI=1S/C35H37N5/c1-24-14-16-32-28(22-24)34(26-10-4-6-12-30(26)38-32)36-18-8-20-40(3)21-9-19-37-35-27-11-5-7-13-31(27)39-33-17-15-25(2)23-29(33)35/h4-7,10-17,22-23H,8-9,18-21H2,1-3H3,(H,36,38)(H,37,39). The van der Waals surface area contributed by atoms with Crippen LogP contribution in [0.2, 0.25) is 0 Å². The summed E-state index contributed by atoms with van der Waals surface area (Å²) >= 11 is 0. The number of hydrogen-bond donors (Lipinski definition) is 2. The second-order valence-electron chi connectivity index (χ2n) is 10.9. The lowest BCUT2D eigenvalue weighted by Gasteiger charge is -2.19. The summed E-state index contributed by atoms with van der Waals surface area (Å²) < 4.78 is 0. The number of fused-ring (bicyclic) bond motifs is 4. The molecule has 2 heterocycles. The van der Waals surface area contributed by atoms with E-state index in [1.54, 1.807) is 0 Å². The monoisotopic (exact) mass is 527 g/mol. The highest BCUT2D eigenvalue weighted by Gasteiger charge is 2.11. The minimum atomic E-state index is 0.925. The zero-order valence-corrected chi connectivity index (χ0v) is 23.7. The third-order valence-electron chi connectivity index (χ3n) is 7.71. The number of rotatable bonds is 10. The van der Waals surface area contributed by atoms with Gasteiger partial charge < -0.3 is 15.5 Å². The third-order valence-corrected chi connectivity index (χ3v) is 7.71. The molecule has 5 heteroatoms. The summed E-state index contributed by atoms with van der Waals surface area (Å²) in [6.45, 7) is 8.23. The first-order chi connectivity index (χ1) is 19.6. The molecule has 40 heavy (non-hydrogen) atoms. The molecule has 0 fully saturated rings. The Morgan fingerprint density at radius 2 is 0.975 bits per heavy atom. The van der Waals surface area contributed by atoms with Crippen molar-refractivity contribution >= 4 is 55.0 Å². The van der Waals surface area contributed by atoms with Crippen LogP contribution >= 0.6 is 0 Å². The number of para-hydroxylation sites is 2. The van der Waals surface area contributed by atoms with Crippen LogP contribution in [0, 0.1) is 13.8 Å². The Balaban J connectivity index is 1.05. The molecule has 2 aromatic heterocycles. The van der Waals surface area contributed by atoms with Gasteiger partial charge in [-0.3, -0.25) is 0 Å². The highest BCUT2D eigenvalue weighted by molar-refractivity contribution is 6.08. The molecule has 0 saturated carbocycles. The lowest BCUT2D eigenvalue weighted by molar-refractivity contribution is 0.331. The molecular formula is C35H37N5. The molecular weight excluding hydrogens is 490 g/mol. The van der Waals surface area contributed by atoms with Gasteiger partial charge in [0.05, 0.1) is 33.4 Å². The Bertz CT molecular complexity index is 1680. The minimum Gasteiger partial charge on any atom is -0.384 e. The predicted octanol–water partition coefficient (Wildman–Crippen LogP) is 7.94. The van der Waals surface area contributed by atoms with Gasteiger partial charge in [-0.1, -0.05) is 59.7 Å². The number of pyridine rings is 2. The van der Waals surface area contributed by atoms with Crippen LogP contribution in [0.15, 0.2) is 84.9 Å². The quantitative estimate of drug-likeness (QED) is 0.140. The Labute approximate surface area is 236 Å². The molecule has 0 spiro atoms. The predicted molar refractivity (Wildman–Crippen MR) is 172 cm³/mol. The summed E-state index contributed by atoms with van der Waals surface area (Å²) in [5.41, 5.74) is 9.06. The Hall–Kier alpha value is -4.22. The van der Waals surface area contributed by atoms with Crippen molar-refractivity contribution < 1.29 is 0 Å². The van der Waals surface area contributed by atoms with Crippen molar-refractivity contribution in [2.24, 2.45) is 0 Å². The van der Waals surface area contributed by atoms with Crippen LogP contribution in [0.25, 0.3) is 43.6 Å². The lowest BCUT2D eigenvalue weighted by atomic mass is 10.1. The number of benzene rings is 4. The molecule has 2 N–H and O–H groups in total. The Kier molecular flexibility index (Phi) is 7.47. The average Bonchev–Trinajstić information content (AvgIpc) is 2.96. The van der Waals surface area contributed by atoms with Gasteiger partial charge in [0.25, 0.3) is 0 Å². The van der Waals surface area contributed by atoms with Gasteiger partial charge in [-0.25, -0.2) is 9.97 Å². The number of aromatic nitrogens is 2. The summed E-state index contributed by atoms with van der Waals surface area (Å²) in [5.74, 6) is 0. The first-order valence-electron chi connectivity index (χ1n) is 14.3. The van der Waals surface area contributed by atoms with Crippen LogP contribution in [0.5, 0.6) is 0 Å². The molecule has 0 bridgehead atoms.